The van der Waals surface area contributed by atoms with Crippen LogP contribution in [0.15, 0.2) is 58.2 Å². The van der Waals surface area contributed by atoms with E-state index < -0.39 is 0 Å². The van der Waals surface area contributed by atoms with E-state index in [1.54, 1.807) is 11.8 Å². The summed E-state index contributed by atoms with van der Waals surface area (Å²) in [5.74, 6) is 0.575. The van der Waals surface area contributed by atoms with Crippen molar-refractivity contribution >= 4 is 23.4 Å². The highest BCUT2D eigenvalue weighted by atomic mass is 35.5. The van der Waals surface area contributed by atoms with Gasteiger partial charge in [-0.05, 0) is 54.8 Å². The van der Waals surface area contributed by atoms with Gasteiger partial charge in [-0.2, -0.15) is 4.98 Å². The molecule has 0 aliphatic heterocycles. The van der Waals surface area contributed by atoms with Crippen LogP contribution in [0.25, 0.3) is 0 Å². The Labute approximate surface area is 138 Å². The summed E-state index contributed by atoms with van der Waals surface area (Å²) < 4.78 is 5.29. The summed E-state index contributed by atoms with van der Waals surface area (Å²) in [5, 5.41) is 4.35. The van der Waals surface area contributed by atoms with Gasteiger partial charge in [-0.15, -0.1) is 11.8 Å². The topological polar surface area (TPSA) is 38.9 Å². The van der Waals surface area contributed by atoms with Gasteiger partial charge in [0.25, 0.3) is 0 Å². The number of aromatic nitrogens is 2. The van der Waals surface area contributed by atoms with Gasteiger partial charge >= 0.3 is 0 Å². The molecule has 3 rings (SSSR count). The summed E-state index contributed by atoms with van der Waals surface area (Å²) in [6.07, 6.45) is 1.42. The van der Waals surface area contributed by atoms with E-state index in [-0.39, 0.29) is 5.25 Å². The smallest absolute Gasteiger partial charge is 0.244 e. The first-order valence-electron chi connectivity index (χ1n) is 6.89. The third-order valence-corrected chi connectivity index (χ3v) is 4.96. The van der Waals surface area contributed by atoms with Gasteiger partial charge in [-0.1, -0.05) is 35.0 Å². The van der Waals surface area contributed by atoms with Gasteiger partial charge in [0.2, 0.25) is 5.89 Å². The summed E-state index contributed by atoms with van der Waals surface area (Å²) in [6.45, 7) is 4.22. The van der Waals surface area contributed by atoms with Crippen LogP contribution in [0.5, 0.6) is 0 Å². The number of halogens is 1. The molecule has 0 aliphatic carbocycles. The Hall–Kier alpha value is -1.78. The molecule has 0 fully saturated rings. The van der Waals surface area contributed by atoms with Gasteiger partial charge in [-0.3, -0.25) is 0 Å². The van der Waals surface area contributed by atoms with Gasteiger partial charge < -0.3 is 4.52 Å². The van der Waals surface area contributed by atoms with E-state index in [4.69, 9.17) is 16.1 Å². The second-order valence-corrected chi connectivity index (χ2v) is 6.69. The standard InChI is InChI=1S/C17H15ClN2OS/c1-11-6-7-15(8-12(11)2)22-16(17-19-10-20-21-17)13-4-3-5-14(18)9-13/h3-10,16H,1-2H3. The highest BCUT2D eigenvalue weighted by Crippen LogP contribution is 2.40. The Balaban J connectivity index is 1.97. The van der Waals surface area contributed by atoms with Crippen molar-refractivity contribution in [3.05, 3.63) is 76.4 Å². The molecule has 2 aromatic carbocycles. The van der Waals surface area contributed by atoms with Crippen molar-refractivity contribution in [1.82, 2.24) is 10.1 Å². The van der Waals surface area contributed by atoms with Gasteiger partial charge in [0.15, 0.2) is 6.33 Å². The second kappa shape index (κ2) is 6.55. The zero-order chi connectivity index (χ0) is 15.5. The van der Waals surface area contributed by atoms with Crippen molar-refractivity contribution in [3.8, 4) is 0 Å². The Morgan fingerprint density at radius 1 is 1.09 bits per heavy atom. The normalized spacial score (nSPS) is 12.3. The minimum atomic E-state index is -0.0803. The monoisotopic (exact) mass is 330 g/mol. The fourth-order valence-corrected chi connectivity index (χ4v) is 3.50. The van der Waals surface area contributed by atoms with Gasteiger partial charge in [0, 0.05) is 9.92 Å². The van der Waals surface area contributed by atoms with Crippen LogP contribution in [-0.2, 0) is 0 Å². The number of aryl methyl sites for hydroxylation is 2. The van der Waals surface area contributed by atoms with Crippen LogP contribution < -0.4 is 0 Å². The highest BCUT2D eigenvalue weighted by molar-refractivity contribution is 7.99. The van der Waals surface area contributed by atoms with E-state index in [1.807, 2.05) is 24.3 Å². The number of hydrogen-bond donors (Lipinski definition) is 0. The summed E-state index contributed by atoms with van der Waals surface area (Å²) in [5.41, 5.74) is 3.58. The van der Waals surface area contributed by atoms with E-state index in [2.05, 4.69) is 42.2 Å². The molecule has 0 saturated carbocycles. The maximum atomic E-state index is 6.12. The molecule has 0 N–H and O–H groups in total. The molecule has 1 unspecified atom stereocenters. The number of hydrogen-bond acceptors (Lipinski definition) is 4. The molecule has 0 bridgehead atoms. The van der Waals surface area contributed by atoms with Crippen molar-refractivity contribution in [3.63, 3.8) is 0 Å². The van der Waals surface area contributed by atoms with Crippen LogP contribution in [0, 0.1) is 13.8 Å². The lowest BCUT2D eigenvalue weighted by molar-refractivity contribution is 0.382. The van der Waals surface area contributed by atoms with E-state index in [0.717, 1.165) is 10.5 Å². The molecule has 0 amide bonds. The Bertz CT molecular complexity index is 774. The van der Waals surface area contributed by atoms with Crippen molar-refractivity contribution in [2.75, 3.05) is 0 Å². The fraction of sp³-hybridized carbons (Fsp3) is 0.176. The molecule has 0 radical (unpaired) electrons. The first kappa shape index (κ1) is 15.1. The van der Waals surface area contributed by atoms with E-state index >= 15 is 0 Å². The lowest BCUT2D eigenvalue weighted by Crippen LogP contribution is -1.97. The molecule has 1 aromatic heterocycles. The quantitative estimate of drug-likeness (QED) is 0.615. The zero-order valence-corrected chi connectivity index (χ0v) is 13.9. The molecule has 3 aromatic rings. The zero-order valence-electron chi connectivity index (χ0n) is 12.3. The molecule has 1 atom stereocenters. The van der Waals surface area contributed by atoms with Crippen LogP contribution in [0.2, 0.25) is 5.02 Å². The summed E-state index contributed by atoms with van der Waals surface area (Å²) >= 11 is 7.80. The SMILES string of the molecule is Cc1ccc(SC(c2cccc(Cl)c2)c2ncno2)cc1C. The molecule has 22 heavy (non-hydrogen) atoms. The molecule has 0 aliphatic rings. The average Bonchev–Trinajstić information content (AvgIpc) is 3.02. The minimum absolute atomic E-state index is 0.0803. The van der Waals surface area contributed by atoms with Crippen LogP contribution in [-0.4, -0.2) is 10.1 Å². The maximum Gasteiger partial charge on any atom is 0.244 e. The fourth-order valence-electron chi connectivity index (χ4n) is 2.15. The molecule has 3 nitrogen and oxygen atoms in total. The van der Waals surface area contributed by atoms with Crippen LogP contribution in [0.3, 0.4) is 0 Å². The predicted octanol–water partition coefficient (Wildman–Crippen LogP) is 5.22. The van der Waals surface area contributed by atoms with Crippen molar-refractivity contribution in [1.29, 1.82) is 0 Å². The van der Waals surface area contributed by atoms with Crippen molar-refractivity contribution in [2.24, 2.45) is 0 Å². The van der Waals surface area contributed by atoms with Gasteiger partial charge in [0.1, 0.15) is 5.25 Å². The molecule has 112 valence electrons. The predicted molar refractivity (Wildman–Crippen MR) is 89.4 cm³/mol. The number of thioether (sulfide) groups is 1. The lowest BCUT2D eigenvalue weighted by Gasteiger charge is -2.14. The second-order valence-electron chi connectivity index (χ2n) is 5.08. The Kier molecular flexibility index (Phi) is 4.50. The first-order valence-corrected chi connectivity index (χ1v) is 8.15. The average molecular weight is 331 g/mol. The van der Waals surface area contributed by atoms with Crippen molar-refractivity contribution in [2.45, 2.75) is 24.0 Å². The summed E-state index contributed by atoms with van der Waals surface area (Å²) in [6, 6.07) is 14.2. The Morgan fingerprint density at radius 2 is 1.95 bits per heavy atom. The highest BCUT2D eigenvalue weighted by Gasteiger charge is 2.21. The largest absolute Gasteiger partial charge is 0.338 e. The summed E-state index contributed by atoms with van der Waals surface area (Å²) in [4.78, 5) is 5.38. The molecule has 0 saturated heterocycles. The first-order chi connectivity index (χ1) is 10.6. The van der Waals surface area contributed by atoms with Crippen LogP contribution in [0.4, 0.5) is 0 Å². The van der Waals surface area contributed by atoms with Gasteiger partial charge in [0.05, 0.1) is 0 Å². The minimum Gasteiger partial charge on any atom is -0.338 e. The number of rotatable bonds is 4. The molecule has 1 heterocycles. The van der Waals surface area contributed by atoms with Crippen LogP contribution in [0.1, 0.15) is 27.8 Å². The lowest BCUT2D eigenvalue weighted by atomic mass is 10.1. The van der Waals surface area contributed by atoms with E-state index in [1.165, 1.54) is 17.5 Å². The molecule has 5 heteroatoms. The molecule has 0 spiro atoms. The van der Waals surface area contributed by atoms with Crippen molar-refractivity contribution < 1.29 is 4.52 Å². The summed E-state index contributed by atoms with van der Waals surface area (Å²) in [7, 11) is 0. The molecular weight excluding hydrogens is 316 g/mol. The molecular formula is C17H15ClN2OS. The number of nitrogens with zero attached hydrogens (tertiary/aromatic N) is 2. The Morgan fingerprint density at radius 3 is 2.64 bits per heavy atom. The van der Waals surface area contributed by atoms with Gasteiger partial charge in [-0.25, -0.2) is 0 Å². The maximum absolute atomic E-state index is 6.12. The third kappa shape index (κ3) is 3.34. The van der Waals surface area contributed by atoms with E-state index in [0.29, 0.717) is 10.9 Å². The van der Waals surface area contributed by atoms with Crippen LogP contribution >= 0.6 is 23.4 Å². The number of benzene rings is 2. The van der Waals surface area contributed by atoms with E-state index in [9.17, 15) is 0 Å². The third-order valence-electron chi connectivity index (χ3n) is 3.49.